The molecule has 0 saturated heterocycles. The summed E-state index contributed by atoms with van der Waals surface area (Å²) in [5.74, 6) is -2.45. The van der Waals surface area contributed by atoms with E-state index in [2.05, 4.69) is 15.1 Å². The summed E-state index contributed by atoms with van der Waals surface area (Å²) < 4.78 is 92.9. The average molecular weight is 445 g/mol. The van der Waals surface area contributed by atoms with Crippen molar-refractivity contribution in [1.82, 2.24) is 19.7 Å². The van der Waals surface area contributed by atoms with Crippen LogP contribution in [0.15, 0.2) is 43.0 Å². The Kier molecular flexibility index (Phi) is 5.53. The Balaban J connectivity index is 2.08. The Hall–Kier alpha value is -3.77. The topological polar surface area (TPSA) is 86.7 Å². The smallest absolute Gasteiger partial charge is 0.366 e. The quantitative estimate of drug-likeness (QED) is 0.486. The Labute approximate surface area is 168 Å². The van der Waals surface area contributed by atoms with Crippen LogP contribution in [0.5, 0.6) is 0 Å². The highest BCUT2D eigenvalue weighted by Crippen LogP contribution is 2.38. The molecule has 31 heavy (non-hydrogen) atoms. The average Bonchev–Trinajstić information content (AvgIpc) is 3.14. The molecule has 1 amide bonds. The monoisotopic (exact) mass is 445 g/mol. The minimum atomic E-state index is -5.05. The standard InChI is InChI=1S/C18H10F7N5O/c19-14-6-27-2-1-12(14)13(15(26)31)7-30-8-28-16(29-30)9-3-10(17(20,21)22)5-11(4-9)18(23,24)25/h1-8H,(H2,26,31)/b13-7-. The molecule has 0 aliphatic carbocycles. The number of nitrogens with zero attached hydrogens (tertiary/aromatic N) is 4. The molecule has 1 aromatic carbocycles. The zero-order chi connectivity index (χ0) is 23.0. The van der Waals surface area contributed by atoms with Crippen molar-refractivity contribution in [2.75, 3.05) is 0 Å². The van der Waals surface area contributed by atoms with Gasteiger partial charge < -0.3 is 5.73 Å². The van der Waals surface area contributed by atoms with Gasteiger partial charge in [0.2, 0.25) is 0 Å². The van der Waals surface area contributed by atoms with Crippen molar-refractivity contribution < 1.29 is 35.5 Å². The maximum Gasteiger partial charge on any atom is 0.416 e. The molecule has 3 rings (SSSR count). The molecule has 0 aliphatic rings. The van der Waals surface area contributed by atoms with Gasteiger partial charge >= 0.3 is 12.4 Å². The van der Waals surface area contributed by atoms with E-state index in [0.717, 1.165) is 29.5 Å². The van der Waals surface area contributed by atoms with Crippen molar-refractivity contribution in [2.45, 2.75) is 12.4 Å². The fourth-order valence-electron chi connectivity index (χ4n) is 2.55. The number of primary amides is 1. The lowest BCUT2D eigenvalue weighted by Gasteiger charge is -2.13. The van der Waals surface area contributed by atoms with E-state index in [-0.39, 0.29) is 17.2 Å². The summed E-state index contributed by atoms with van der Waals surface area (Å²) in [7, 11) is 0. The van der Waals surface area contributed by atoms with E-state index < -0.39 is 46.6 Å². The summed E-state index contributed by atoms with van der Waals surface area (Å²) in [5.41, 5.74) is 0.970. The molecule has 0 atom stereocenters. The Morgan fingerprint density at radius 1 is 1.03 bits per heavy atom. The number of alkyl halides is 6. The van der Waals surface area contributed by atoms with Crippen LogP contribution in [-0.4, -0.2) is 25.7 Å². The number of carbonyl (C=O) groups excluding carboxylic acids is 1. The number of halogens is 7. The maximum absolute atomic E-state index is 13.9. The number of nitrogens with two attached hydrogens (primary N) is 1. The molecular formula is C18H10F7N5O. The fraction of sp³-hybridized carbons (Fsp3) is 0.111. The van der Waals surface area contributed by atoms with Crippen LogP contribution in [0.3, 0.4) is 0 Å². The molecule has 0 aliphatic heterocycles. The van der Waals surface area contributed by atoms with Gasteiger partial charge in [0.05, 0.1) is 22.9 Å². The third kappa shape index (κ3) is 4.87. The molecule has 162 valence electrons. The zero-order valence-electron chi connectivity index (χ0n) is 15.0. The van der Waals surface area contributed by atoms with E-state index in [0.29, 0.717) is 12.1 Å². The molecule has 0 bridgehead atoms. The molecule has 2 aromatic heterocycles. The molecule has 3 aromatic rings. The minimum Gasteiger partial charge on any atom is -0.366 e. The molecule has 0 saturated carbocycles. The van der Waals surface area contributed by atoms with E-state index >= 15 is 0 Å². The van der Waals surface area contributed by atoms with Gasteiger partial charge in [-0.15, -0.1) is 5.10 Å². The van der Waals surface area contributed by atoms with Gasteiger partial charge in [0, 0.05) is 23.5 Å². The Morgan fingerprint density at radius 2 is 1.65 bits per heavy atom. The molecule has 2 heterocycles. The van der Waals surface area contributed by atoms with Crippen molar-refractivity contribution >= 4 is 17.7 Å². The largest absolute Gasteiger partial charge is 0.416 e. The summed E-state index contributed by atoms with van der Waals surface area (Å²) in [6.45, 7) is 0. The van der Waals surface area contributed by atoms with E-state index in [1.807, 2.05) is 0 Å². The van der Waals surface area contributed by atoms with Crippen molar-refractivity contribution in [1.29, 1.82) is 0 Å². The summed E-state index contributed by atoms with van der Waals surface area (Å²) in [4.78, 5) is 18.9. The first-order chi connectivity index (χ1) is 14.4. The third-order valence-corrected chi connectivity index (χ3v) is 3.94. The second-order valence-electron chi connectivity index (χ2n) is 6.11. The summed E-state index contributed by atoms with van der Waals surface area (Å²) >= 11 is 0. The van der Waals surface area contributed by atoms with Gasteiger partial charge in [-0.25, -0.2) is 14.1 Å². The Bertz CT molecular complexity index is 1130. The molecule has 0 spiro atoms. The highest BCUT2D eigenvalue weighted by atomic mass is 19.4. The van der Waals surface area contributed by atoms with Crippen LogP contribution in [0.25, 0.3) is 23.2 Å². The summed E-state index contributed by atoms with van der Waals surface area (Å²) in [6, 6.07) is 2.02. The van der Waals surface area contributed by atoms with Gasteiger partial charge in [-0.3, -0.25) is 9.78 Å². The highest BCUT2D eigenvalue weighted by Gasteiger charge is 2.37. The number of pyridine rings is 1. The maximum atomic E-state index is 13.9. The number of benzene rings is 1. The van der Waals surface area contributed by atoms with Gasteiger partial charge in [0.25, 0.3) is 5.91 Å². The second-order valence-corrected chi connectivity index (χ2v) is 6.11. The molecule has 0 unspecified atom stereocenters. The van der Waals surface area contributed by atoms with Crippen molar-refractivity contribution in [3.05, 3.63) is 65.5 Å². The van der Waals surface area contributed by atoms with Gasteiger partial charge in [-0.05, 0) is 24.3 Å². The first-order valence-corrected chi connectivity index (χ1v) is 8.19. The van der Waals surface area contributed by atoms with Crippen LogP contribution >= 0.6 is 0 Å². The van der Waals surface area contributed by atoms with Crippen LogP contribution in [0, 0.1) is 5.82 Å². The highest BCUT2D eigenvalue weighted by molar-refractivity contribution is 6.22. The molecule has 6 nitrogen and oxygen atoms in total. The van der Waals surface area contributed by atoms with Crippen molar-refractivity contribution in [3.8, 4) is 11.4 Å². The second kappa shape index (κ2) is 7.81. The number of hydrogen-bond donors (Lipinski definition) is 1. The lowest BCUT2D eigenvalue weighted by molar-refractivity contribution is -0.143. The van der Waals surface area contributed by atoms with Gasteiger partial charge in [-0.1, -0.05) is 0 Å². The molecule has 2 N–H and O–H groups in total. The van der Waals surface area contributed by atoms with Crippen LogP contribution in [-0.2, 0) is 17.1 Å². The third-order valence-electron chi connectivity index (χ3n) is 3.94. The SMILES string of the molecule is NC(=O)/C(=C\n1cnc(-c2cc(C(F)(F)F)cc(C(F)(F)F)c2)n1)c1ccncc1F. The van der Waals surface area contributed by atoms with Crippen LogP contribution in [0.2, 0.25) is 0 Å². The zero-order valence-corrected chi connectivity index (χ0v) is 15.0. The first-order valence-electron chi connectivity index (χ1n) is 8.19. The Morgan fingerprint density at radius 3 is 2.16 bits per heavy atom. The molecule has 0 radical (unpaired) electrons. The number of amides is 1. The first kappa shape index (κ1) is 21.9. The van der Waals surface area contributed by atoms with E-state index in [9.17, 15) is 35.5 Å². The normalized spacial score (nSPS) is 12.8. The van der Waals surface area contributed by atoms with E-state index in [4.69, 9.17) is 5.73 Å². The predicted octanol–water partition coefficient (Wildman–Crippen LogP) is 4.00. The van der Waals surface area contributed by atoms with E-state index in [1.165, 1.54) is 6.20 Å². The number of hydrogen-bond acceptors (Lipinski definition) is 4. The van der Waals surface area contributed by atoms with Crippen LogP contribution < -0.4 is 5.73 Å². The summed E-state index contributed by atoms with van der Waals surface area (Å²) in [5, 5.41) is 3.75. The van der Waals surface area contributed by atoms with E-state index in [1.54, 1.807) is 0 Å². The van der Waals surface area contributed by atoms with Gasteiger partial charge in [0.1, 0.15) is 12.1 Å². The van der Waals surface area contributed by atoms with Crippen molar-refractivity contribution in [2.24, 2.45) is 5.73 Å². The fourth-order valence-corrected chi connectivity index (χ4v) is 2.55. The molecular weight excluding hydrogens is 435 g/mol. The summed E-state index contributed by atoms with van der Waals surface area (Å²) in [6.07, 6.45) is -6.25. The minimum absolute atomic E-state index is 0.0300. The number of rotatable bonds is 4. The lowest BCUT2D eigenvalue weighted by Crippen LogP contribution is -2.15. The molecule has 0 fully saturated rings. The van der Waals surface area contributed by atoms with Crippen LogP contribution in [0.1, 0.15) is 16.7 Å². The lowest BCUT2D eigenvalue weighted by atomic mass is 10.0. The number of carbonyl (C=O) groups is 1. The number of aromatic nitrogens is 4. The van der Waals surface area contributed by atoms with Gasteiger partial charge in [-0.2, -0.15) is 26.3 Å². The molecule has 13 heteroatoms. The van der Waals surface area contributed by atoms with Crippen LogP contribution in [0.4, 0.5) is 30.7 Å². The predicted molar refractivity (Wildman–Crippen MR) is 93.0 cm³/mol. The van der Waals surface area contributed by atoms with Gasteiger partial charge in [0.15, 0.2) is 5.82 Å². The van der Waals surface area contributed by atoms with Crippen molar-refractivity contribution in [3.63, 3.8) is 0 Å².